The van der Waals surface area contributed by atoms with Gasteiger partial charge in [0.05, 0.1) is 12.8 Å². The van der Waals surface area contributed by atoms with Crippen LogP contribution in [-0.2, 0) is 28.9 Å². The quantitative estimate of drug-likeness (QED) is 0.132. The molecule has 0 aliphatic heterocycles. The lowest BCUT2D eigenvalue weighted by Gasteiger charge is -2.11. The molecule has 2 aromatic heterocycles. The molecule has 0 saturated heterocycles. The van der Waals surface area contributed by atoms with Crippen LogP contribution in [0.2, 0.25) is 0 Å². The molecular formula is C26H27F4N7O3S. The molecule has 0 radical (unpaired) electrons. The predicted molar refractivity (Wildman–Crippen MR) is 144 cm³/mol. The maximum atomic E-state index is 13.5. The highest BCUT2D eigenvalue weighted by molar-refractivity contribution is 7.15. The Morgan fingerprint density at radius 3 is 2.56 bits per heavy atom. The number of rotatable bonds is 13. The van der Waals surface area contributed by atoms with Gasteiger partial charge in [0, 0.05) is 24.0 Å². The number of anilines is 1. The van der Waals surface area contributed by atoms with Crippen molar-refractivity contribution < 1.29 is 31.9 Å². The lowest BCUT2D eigenvalue weighted by Crippen LogP contribution is -2.28. The molecule has 3 aromatic rings. The number of benzene rings is 1. The van der Waals surface area contributed by atoms with E-state index in [0.717, 1.165) is 36.0 Å². The standard InChI is InChI=1S/C26H27F4N7O3S/c27-19-10-8-16(13-20(19)40-26(28,29)30)14-22(38)34-21(32)11-9-17(31)5-1-2-7-24-36-37-25(41-24)35-23(39)15-18-6-3-4-12-33-18/h3-4,6,8-13H,1-2,5,7,14-15,31-32H2,(H,34,38)(H,35,37,39)/b17-9-,21-11+. The van der Waals surface area contributed by atoms with Gasteiger partial charge in [-0.05, 0) is 61.2 Å². The van der Waals surface area contributed by atoms with E-state index in [1.165, 1.54) is 23.5 Å². The Morgan fingerprint density at radius 1 is 1.02 bits per heavy atom. The van der Waals surface area contributed by atoms with E-state index in [0.29, 0.717) is 29.4 Å². The van der Waals surface area contributed by atoms with E-state index in [1.54, 1.807) is 18.3 Å². The van der Waals surface area contributed by atoms with Gasteiger partial charge in [-0.2, -0.15) is 0 Å². The fourth-order valence-electron chi connectivity index (χ4n) is 3.41. The molecule has 2 heterocycles. The zero-order chi connectivity index (χ0) is 29.8. The first-order valence-electron chi connectivity index (χ1n) is 12.2. The van der Waals surface area contributed by atoms with Crippen molar-refractivity contribution in [3.8, 4) is 5.75 Å². The molecule has 0 saturated carbocycles. The molecule has 218 valence electrons. The number of halogens is 4. The van der Waals surface area contributed by atoms with E-state index < -0.39 is 23.8 Å². The fourth-order valence-corrected chi connectivity index (χ4v) is 4.21. The van der Waals surface area contributed by atoms with Gasteiger partial charge in [0.15, 0.2) is 11.6 Å². The number of hydrogen-bond donors (Lipinski definition) is 4. The molecule has 3 rings (SSSR count). The second-order valence-electron chi connectivity index (χ2n) is 8.66. The molecule has 0 aliphatic rings. The molecule has 41 heavy (non-hydrogen) atoms. The first-order chi connectivity index (χ1) is 19.5. The summed E-state index contributed by atoms with van der Waals surface area (Å²) in [7, 11) is 0. The Labute approximate surface area is 236 Å². The molecule has 6 N–H and O–H groups in total. The van der Waals surface area contributed by atoms with Gasteiger partial charge in [-0.3, -0.25) is 14.6 Å². The highest BCUT2D eigenvalue weighted by Crippen LogP contribution is 2.26. The lowest BCUT2D eigenvalue weighted by atomic mass is 10.1. The van der Waals surface area contributed by atoms with Crippen molar-refractivity contribution in [3.05, 3.63) is 88.3 Å². The number of pyridine rings is 1. The number of nitrogens with two attached hydrogens (primary N) is 2. The van der Waals surface area contributed by atoms with Crippen LogP contribution in [0.1, 0.15) is 35.5 Å². The summed E-state index contributed by atoms with van der Waals surface area (Å²) in [4.78, 5) is 28.4. The maximum absolute atomic E-state index is 13.5. The van der Waals surface area contributed by atoms with Crippen molar-refractivity contribution in [2.75, 3.05) is 5.32 Å². The van der Waals surface area contributed by atoms with Gasteiger partial charge in [-0.15, -0.1) is 23.4 Å². The third kappa shape index (κ3) is 11.6. The number of carbonyl (C=O) groups is 2. The number of amides is 2. The molecule has 15 heteroatoms. The molecule has 0 unspecified atom stereocenters. The minimum Gasteiger partial charge on any atom is -0.403 e. The number of aryl methyl sites for hydroxylation is 1. The first kappa shape index (κ1) is 31.0. The summed E-state index contributed by atoms with van der Waals surface area (Å²) in [5.74, 6) is -3.12. The third-order valence-corrected chi connectivity index (χ3v) is 6.13. The van der Waals surface area contributed by atoms with Gasteiger partial charge in [-0.1, -0.05) is 23.5 Å². The van der Waals surface area contributed by atoms with Crippen LogP contribution in [0.3, 0.4) is 0 Å². The number of alkyl halides is 3. The topological polar surface area (TPSA) is 158 Å². The fraction of sp³-hybridized carbons (Fsp3) is 0.269. The summed E-state index contributed by atoms with van der Waals surface area (Å²) >= 11 is 1.29. The average molecular weight is 594 g/mol. The van der Waals surface area contributed by atoms with E-state index >= 15 is 0 Å². The molecule has 0 fully saturated rings. The summed E-state index contributed by atoms with van der Waals surface area (Å²) in [6.45, 7) is 0. The summed E-state index contributed by atoms with van der Waals surface area (Å²) in [6, 6.07) is 8.08. The van der Waals surface area contributed by atoms with Crippen LogP contribution in [0, 0.1) is 5.82 Å². The molecule has 0 aliphatic carbocycles. The lowest BCUT2D eigenvalue weighted by molar-refractivity contribution is -0.275. The Bertz CT molecular complexity index is 1400. The summed E-state index contributed by atoms with van der Waals surface area (Å²) in [6.07, 6.45) is 1.94. The van der Waals surface area contributed by atoms with Crippen LogP contribution >= 0.6 is 11.3 Å². The van der Waals surface area contributed by atoms with Gasteiger partial charge in [-0.25, -0.2) is 4.39 Å². The van der Waals surface area contributed by atoms with Crippen LogP contribution in [0.5, 0.6) is 5.75 Å². The molecule has 1 aromatic carbocycles. The smallest absolute Gasteiger partial charge is 0.403 e. The number of unbranched alkanes of at least 4 members (excludes halogenated alkanes) is 1. The number of nitrogens with zero attached hydrogens (tertiary/aromatic N) is 3. The molecule has 0 spiro atoms. The number of carbonyl (C=O) groups excluding carboxylic acids is 2. The van der Waals surface area contributed by atoms with Crippen molar-refractivity contribution in [2.45, 2.75) is 44.9 Å². The Balaban J connectivity index is 1.37. The van der Waals surface area contributed by atoms with Crippen molar-refractivity contribution in [1.29, 1.82) is 0 Å². The third-order valence-electron chi connectivity index (χ3n) is 5.23. The zero-order valence-corrected chi connectivity index (χ0v) is 22.4. The Hall–Kier alpha value is -4.53. The molecule has 0 atom stereocenters. The number of hydrogen-bond acceptors (Lipinski definition) is 9. The van der Waals surface area contributed by atoms with Gasteiger partial charge < -0.3 is 26.8 Å². The summed E-state index contributed by atoms with van der Waals surface area (Å²) < 4.78 is 54.3. The monoisotopic (exact) mass is 593 g/mol. The van der Waals surface area contributed by atoms with Crippen molar-refractivity contribution >= 4 is 28.3 Å². The predicted octanol–water partition coefficient (Wildman–Crippen LogP) is 3.87. The minimum absolute atomic E-state index is 0.0293. The van der Waals surface area contributed by atoms with Crippen LogP contribution in [0.4, 0.5) is 22.7 Å². The first-order valence-corrected chi connectivity index (χ1v) is 13.1. The number of nitrogens with one attached hydrogen (secondary N) is 2. The number of ether oxygens (including phenoxy) is 1. The van der Waals surface area contributed by atoms with E-state index in [9.17, 15) is 27.2 Å². The Morgan fingerprint density at radius 2 is 1.83 bits per heavy atom. The summed E-state index contributed by atoms with van der Waals surface area (Å²) in [5, 5.41) is 14.4. The molecule has 2 amide bonds. The maximum Gasteiger partial charge on any atom is 0.573 e. The second kappa shape index (κ2) is 14.7. The second-order valence-corrected chi connectivity index (χ2v) is 9.72. The van der Waals surface area contributed by atoms with Crippen molar-refractivity contribution in [2.24, 2.45) is 11.5 Å². The van der Waals surface area contributed by atoms with Gasteiger partial charge in [0.25, 0.3) is 0 Å². The van der Waals surface area contributed by atoms with Crippen molar-refractivity contribution in [1.82, 2.24) is 20.5 Å². The van der Waals surface area contributed by atoms with Gasteiger partial charge in [0.1, 0.15) is 10.8 Å². The van der Waals surface area contributed by atoms with Crippen LogP contribution in [-0.4, -0.2) is 33.4 Å². The van der Waals surface area contributed by atoms with Crippen LogP contribution in [0.25, 0.3) is 0 Å². The van der Waals surface area contributed by atoms with E-state index in [1.807, 2.05) is 6.07 Å². The van der Waals surface area contributed by atoms with Gasteiger partial charge >= 0.3 is 6.36 Å². The highest BCUT2D eigenvalue weighted by atomic mass is 32.1. The zero-order valence-electron chi connectivity index (χ0n) is 21.6. The number of aromatic nitrogens is 3. The Kier molecular flexibility index (Phi) is 11.1. The normalized spacial score (nSPS) is 12.2. The minimum atomic E-state index is -5.07. The molecule has 10 nitrogen and oxygen atoms in total. The van der Waals surface area contributed by atoms with Gasteiger partial charge in [0.2, 0.25) is 16.9 Å². The number of allylic oxidation sites excluding steroid dienone is 3. The molecule has 0 bridgehead atoms. The molecular weight excluding hydrogens is 566 g/mol. The largest absolute Gasteiger partial charge is 0.573 e. The summed E-state index contributed by atoms with van der Waals surface area (Å²) in [5.41, 5.74) is 13.0. The van der Waals surface area contributed by atoms with Crippen molar-refractivity contribution in [3.63, 3.8) is 0 Å². The SMILES string of the molecule is N/C(=C\C=C(/N)NC(=O)Cc1ccc(F)c(OC(F)(F)F)c1)CCCCc1nnc(NC(=O)Cc2ccccn2)s1. The average Bonchev–Trinajstić information content (AvgIpc) is 3.34. The van der Waals surface area contributed by atoms with E-state index in [4.69, 9.17) is 11.5 Å². The van der Waals surface area contributed by atoms with Crippen LogP contribution in [0.15, 0.2) is 66.3 Å². The highest BCUT2D eigenvalue weighted by Gasteiger charge is 2.32. The van der Waals surface area contributed by atoms with Crippen LogP contribution < -0.4 is 26.8 Å². The van der Waals surface area contributed by atoms with E-state index in [2.05, 4.69) is 30.6 Å². The van der Waals surface area contributed by atoms with E-state index in [-0.39, 0.29) is 30.1 Å².